The minimum atomic E-state index is -0.171. The summed E-state index contributed by atoms with van der Waals surface area (Å²) in [6, 6.07) is 5.45. The van der Waals surface area contributed by atoms with Crippen LogP contribution in [0.5, 0.6) is 0 Å². The molecule has 106 valence electrons. The summed E-state index contributed by atoms with van der Waals surface area (Å²) in [6.07, 6.45) is 0.665. The Morgan fingerprint density at radius 2 is 2.37 bits per heavy atom. The zero-order chi connectivity index (χ0) is 13.8. The molecule has 1 N–H and O–H groups in total. The van der Waals surface area contributed by atoms with E-state index in [9.17, 15) is 4.39 Å². The molecule has 0 aromatic heterocycles. The Hall–Kier alpha value is -0.290. The number of nitrogens with zero attached hydrogens (tertiary/aromatic N) is 1. The van der Waals surface area contributed by atoms with E-state index in [1.807, 2.05) is 18.8 Å². The first-order valence-electron chi connectivity index (χ1n) is 6.51. The molecule has 1 aliphatic rings. The SMILES string of the molecule is CNC(Cc1cc(Cl)ccc1F)C1CSCCN1C. The van der Waals surface area contributed by atoms with Gasteiger partial charge < -0.3 is 10.2 Å². The van der Waals surface area contributed by atoms with Gasteiger partial charge in [-0.05, 0) is 44.3 Å². The molecular formula is C14H20ClFN2S. The molecule has 0 radical (unpaired) electrons. The van der Waals surface area contributed by atoms with Gasteiger partial charge in [-0.3, -0.25) is 0 Å². The zero-order valence-electron chi connectivity index (χ0n) is 11.3. The highest BCUT2D eigenvalue weighted by Crippen LogP contribution is 2.22. The smallest absolute Gasteiger partial charge is 0.126 e. The van der Waals surface area contributed by atoms with E-state index < -0.39 is 0 Å². The number of rotatable bonds is 4. The van der Waals surface area contributed by atoms with Crippen molar-refractivity contribution in [1.82, 2.24) is 10.2 Å². The first-order chi connectivity index (χ1) is 9.11. The molecule has 2 rings (SSSR count). The lowest BCUT2D eigenvalue weighted by molar-refractivity contribution is 0.218. The number of halogens is 2. The summed E-state index contributed by atoms with van der Waals surface area (Å²) < 4.78 is 13.8. The second kappa shape index (κ2) is 6.93. The van der Waals surface area contributed by atoms with Gasteiger partial charge in [0.05, 0.1) is 0 Å². The molecular weight excluding hydrogens is 283 g/mol. The number of benzene rings is 1. The van der Waals surface area contributed by atoms with Crippen molar-refractivity contribution in [2.75, 3.05) is 32.1 Å². The Bertz CT molecular complexity index is 430. The number of hydrogen-bond donors (Lipinski definition) is 1. The van der Waals surface area contributed by atoms with Gasteiger partial charge in [0, 0.05) is 35.2 Å². The van der Waals surface area contributed by atoms with Crippen LogP contribution in [0.2, 0.25) is 5.02 Å². The molecule has 0 saturated carbocycles. The molecule has 5 heteroatoms. The highest BCUT2D eigenvalue weighted by Gasteiger charge is 2.27. The molecule has 0 aliphatic carbocycles. The van der Waals surface area contributed by atoms with Crippen LogP contribution in [0.1, 0.15) is 5.56 Å². The average molecular weight is 303 g/mol. The third kappa shape index (κ3) is 3.85. The van der Waals surface area contributed by atoms with Crippen LogP contribution in [0.25, 0.3) is 0 Å². The monoisotopic (exact) mass is 302 g/mol. The van der Waals surface area contributed by atoms with E-state index in [0.717, 1.165) is 12.3 Å². The van der Waals surface area contributed by atoms with Gasteiger partial charge in [-0.15, -0.1) is 0 Å². The molecule has 0 amide bonds. The average Bonchev–Trinajstić information content (AvgIpc) is 2.41. The topological polar surface area (TPSA) is 15.3 Å². The third-order valence-corrected chi connectivity index (χ3v) is 5.01. The molecule has 1 fully saturated rings. The van der Waals surface area contributed by atoms with E-state index in [2.05, 4.69) is 17.3 Å². The first kappa shape index (κ1) is 15.1. The molecule has 1 saturated heterocycles. The van der Waals surface area contributed by atoms with E-state index in [4.69, 9.17) is 11.6 Å². The largest absolute Gasteiger partial charge is 0.315 e. The molecule has 1 aliphatic heterocycles. The number of likely N-dealkylation sites (N-methyl/N-ethyl adjacent to an activating group) is 2. The zero-order valence-corrected chi connectivity index (χ0v) is 12.9. The van der Waals surface area contributed by atoms with Gasteiger partial charge in [0.1, 0.15) is 5.82 Å². The van der Waals surface area contributed by atoms with E-state index in [1.165, 1.54) is 11.8 Å². The van der Waals surface area contributed by atoms with E-state index >= 15 is 0 Å². The maximum Gasteiger partial charge on any atom is 0.126 e. The van der Waals surface area contributed by atoms with Gasteiger partial charge >= 0.3 is 0 Å². The van der Waals surface area contributed by atoms with Gasteiger partial charge in [-0.2, -0.15) is 11.8 Å². The van der Waals surface area contributed by atoms with Crippen LogP contribution < -0.4 is 5.32 Å². The summed E-state index contributed by atoms with van der Waals surface area (Å²) >= 11 is 7.92. The van der Waals surface area contributed by atoms with Gasteiger partial charge in [0.15, 0.2) is 0 Å². The lowest BCUT2D eigenvalue weighted by Crippen LogP contribution is -2.52. The van der Waals surface area contributed by atoms with Crippen LogP contribution in [0, 0.1) is 5.82 Å². The number of nitrogens with one attached hydrogen (secondary N) is 1. The predicted molar refractivity (Wildman–Crippen MR) is 81.7 cm³/mol. The van der Waals surface area contributed by atoms with Crippen molar-refractivity contribution >= 4 is 23.4 Å². The molecule has 0 spiro atoms. The second-order valence-electron chi connectivity index (χ2n) is 4.96. The normalized spacial score (nSPS) is 22.4. The summed E-state index contributed by atoms with van der Waals surface area (Å²) in [5, 5.41) is 3.93. The quantitative estimate of drug-likeness (QED) is 0.920. The standard InChI is InChI=1S/C14H20ClFN2S/c1-17-13(14-9-19-6-5-18(14)2)8-10-7-11(15)3-4-12(10)16/h3-4,7,13-14,17H,5-6,8-9H2,1-2H3. The highest BCUT2D eigenvalue weighted by molar-refractivity contribution is 7.99. The molecule has 0 bridgehead atoms. The molecule has 2 atom stereocenters. The number of hydrogen-bond acceptors (Lipinski definition) is 3. The van der Waals surface area contributed by atoms with Crippen LogP contribution in [0.15, 0.2) is 18.2 Å². The second-order valence-corrected chi connectivity index (χ2v) is 6.54. The summed E-state index contributed by atoms with van der Waals surface area (Å²) in [5.74, 6) is 2.09. The van der Waals surface area contributed by atoms with Crippen LogP contribution in [0.4, 0.5) is 4.39 Å². The van der Waals surface area contributed by atoms with Crippen molar-refractivity contribution in [2.24, 2.45) is 0 Å². The van der Waals surface area contributed by atoms with Crippen LogP contribution in [-0.2, 0) is 6.42 Å². The van der Waals surface area contributed by atoms with Crippen molar-refractivity contribution in [3.05, 3.63) is 34.6 Å². The minimum absolute atomic E-state index is 0.171. The van der Waals surface area contributed by atoms with Crippen molar-refractivity contribution in [2.45, 2.75) is 18.5 Å². The minimum Gasteiger partial charge on any atom is -0.315 e. The summed E-state index contributed by atoms with van der Waals surface area (Å²) in [4.78, 5) is 2.36. The lowest BCUT2D eigenvalue weighted by Gasteiger charge is -2.37. The van der Waals surface area contributed by atoms with Crippen molar-refractivity contribution < 1.29 is 4.39 Å². The summed E-state index contributed by atoms with van der Waals surface area (Å²) in [7, 11) is 4.09. The van der Waals surface area contributed by atoms with Gasteiger partial charge in [-0.25, -0.2) is 4.39 Å². The van der Waals surface area contributed by atoms with E-state index in [-0.39, 0.29) is 11.9 Å². The Balaban J connectivity index is 2.11. The summed E-state index contributed by atoms with van der Waals surface area (Å²) in [6.45, 7) is 1.09. The van der Waals surface area contributed by atoms with Crippen LogP contribution in [-0.4, -0.2) is 49.1 Å². The molecule has 1 aromatic carbocycles. The van der Waals surface area contributed by atoms with E-state index in [0.29, 0.717) is 23.0 Å². The maximum atomic E-state index is 13.8. The van der Waals surface area contributed by atoms with Crippen molar-refractivity contribution in [1.29, 1.82) is 0 Å². The molecule has 2 nitrogen and oxygen atoms in total. The highest BCUT2D eigenvalue weighted by atomic mass is 35.5. The molecule has 1 heterocycles. The number of thioether (sulfide) groups is 1. The van der Waals surface area contributed by atoms with Crippen LogP contribution in [0.3, 0.4) is 0 Å². The fourth-order valence-corrected chi connectivity index (χ4v) is 4.00. The third-order valence-electron chi connectivity index (χ3n) is 3.73. The van der Waals surface area contributed by atoms with Crippen molar-refractivity contribution in [3.63, 3.8) is 0 Å². The molecule has 2 unspecified atom stereocenters. The van der Waals surface area contributed by atoms with Gasteiger partial charge in [0.25, 0.3) is 0 Å². The van der Waals surface area contributed by atoms with Crippen LogP contribution >= 0.6 is 23.4 Å². The maximum absolute atomic E-state index is 13.8. The Kier molecular flexibility index (Phi) is 5.51. The molecule has 19 heavy (non-hydrogen) atoms. The Morgan fingerprint density at radius 1 is 1.58 bits per heavy atom. The predicted octanol–water partition coefficient (Wildman–Crippen LogP) is 2.66. The van der Waals surface area contributed by atoms with Gasteiger partial charge in [0.2, 0.25) is 0 Å². The van der Waals surface area contributed by atoms with E-state index in [1.54, 1.807) is 12.1 Å². The Labute approximate surface area is 123 Å². The van der Waals surface area contributed by atoms with Gasteiger partial charge in [-0.1, -0.05) is 11.6 Å². The Morgan fingerprint density at radius 3 is 3.05 bits per heavy atom. The van der Waals surface area contributed by atoms with Crippen molar-refractivity contribution in [3.8, 4) is 0 Å². The first-order valence-corrected chi connectivity index (χ1v) is 8.04. The fourth-order valence-electron chi connectivity index (χ4n) is 2.50. The summed E-state index contributed by atoms with van der Waals surface area (Å²) in [5.41, 5.74) is 0.691. The molecule has 1 aromatic rings. The lowest BCUT2D eigenvalue weighted by atomic mass is 9.99. The fraction of sp³-hybridized carbons (Fsp3) is 0.571.